The fraction of sp³-hybridized carbons (Fsp3) is 1.00. The Morgan fingerprint density at radius 1 is 1.62 bits per heavy atom. The van der Waals surface area contributed by atoms with Crippen molar-refractivity contribution in [2.24, 2.45) is 0 Å². The highest BCUT2D eigenvalue weighted by atomic mass is 31.2. The third-order valence-electron chi connectivity index (χ3n) is 1.97. The predicted octanol–water partition coefficient (Wildman–Crippen LogP) is 1.32. The van der Waals surface area contributed by atoms with E-state index in [0.717, 1.165) is 20.0 Å². The van der Waals surface area contributed by atoms with Crippen LogP contribution < -0.4 is 0 Å². The van der Waals surface area contributed by atoms with E-state index in [1.165, 1.54) is 0 Å². The van der Waals surface area contributed by atoms with E-state index in [1.54, 1.807) is 0 Å². The van der Waals surface area contributed by atoms with Gasteiger partial charge in [-0.25, -0.2) is 4.57 Å². The monoisotopic (exact) mass is 210 g/mol. The fourth-order valence-electron chi connectivity index (χ4n) is 1.24. The maximum absolute atomic E-state index is 10.9. The second-order valence-electron chi connectivity index (χ2n) is 3.09. The van der Waals surface area contributed by atoms with Gasteiger partial charge in [-0.15, -0.1) is 0 Å². The van der Waals surface area contributed by atoms with Gasteiger partial charge in [-0.05, 0) is 19.8 Å². The Hall–Kier alpha value is 0.0700. The molecule has 78 valence electrons. The van der Waals surface area contributed by atoms with E-state index in [2.05, 4.69) is 9.05 Å². The smallest absolute Gasteiger partial charge is 0.373 e. The molecule has 0 radical (unpaired) electrons. The zero-order chi connectivity index (χ0) is 9.90. The zero-order valence-electron chi connectivity index (χ0n) is 7.80. The van der Waals surface area contributed by atoms with Gasteiger partial charge in [0.15, 0.2) is 0 Å². The summed E-state index contributed by atoms with van der Waals surface area (Å²) in [6.45, 7) is 2.08. The first-order valence-corrected chi connectivity index (χ1v) is 5.71. The van der Waals surface area contributed by atoms with Crippen molar-refractivity contribution in [3.63, 3.8) is 0 Å². The fourth-order valence-corrected chi connectivity index (χ4v) is 1.70. The molecule has 1 saturated heterocycles. The molecule has 1 aliphatic heterocycles. The van der Waals surface area contributed by atoms with Crippen LogP contribution in [0.2, 0.25) is 0 Å². The van der Waals surface area contributed by atoms with Gasteiger partial charge < -0.3 is 9.63 Å². The molecule has 0 aromatic heterocycles. The average Bonchev–Trinajstić information content (AvgIpc) is 2.48. The van der Waals surface area contributed by atoms with E-state index in [0.29, 0.717) is 0 Å². The highest BCUT2D eigenvalue weighted by Crippen LogP contribution is 2.42. The number of phosphoric acid groups is 1. The number of ether oxygens (including phenoxy) is 1. The minimum absolute atomic E-state index is 0.0781. The van der Waals surface area contributed by atoms with E-state index < -0.39 is 7.82 Å². The van der Waals surface area contributed by atoms with Gasteiger partial charge in [-0.3, -0.25) is 9.05 Å². The van der Waals surface area contributed by atoms with Gasteiger partial charge in [0, 0.05) is 7.11 Å². The van der Waals surface area contributed by atoms with Crippen LogP contribution in [0.15, 0.2) is 0 Å². The Balaban J connectivity index is 2.23. The molecule has 0 spiro atoms. The Morgan fingerprint density at radius 2 is 2.31 bits per heavy atom. The number of rotatable bonds is 4. The Morgan fingerprint density at radius 3 is 2.77 bits per heavy atom. The van der Waals surface area contributed by atoms with Gasteiger partial charge in [0.25, 0.3) is 0 Å². The minimum atomic E-state index is -3.83. The van der Waals surface area contributed by atoms with Gasteiger partial charge in [-0.2, -0.15) is 0 Å². The first-order valence-electron chi connectivity index (χ1n) is 4.22. The molecule has 0 aromatic rings. The lowest BCUT2D eigenvalue weighted by Gasteiger charge is -2.13. The van der Waals surface area contributed by atoms with Crippen LogP contribution in [0, 0.1) is 0 Å². The van der Waals surface area contributed by atoms with Crippen LogP contribution in [-0.2, 0) is 18.3 Å². The predicted molar refractivity (Wildman–Crippen MR) is 46.4 cm³/mol. The first kappa shape index (κ1) is 11.1. The van der Waals surface area contributed by atoms with Crippen molar-refractivity contribution in [3.05, 3.63) is 0 Å². The summed E-state index contributed by atoms with van der Waals surface area (Å²) in [5.41, 5.74) is 0. The van der Waals surface area contributed by atoms with Crippen LogP contribution in [0.3, 0.4) is 0 Å². The quantitative estimate of drug-likeness (QED) is 0.709. The van der Waals surface area contributed by atoms with Crippen molar-refractivity contribution >= 4 is 7.82 Å². The summed E-state index contributed by atoms with van der Waals surface area (Å²) in [5, 5.41) is 0. The second-order valence-corrected chi connectivity index (χ2v) is 4.65. The van der Waals surface area contributed by atoms with Crippen LogP contribution in [-0.4, -0.2) is 30.8 Å². The summed E-state index contributed by atoms with van der Waals surface area (Å²) in [4.78, 5) is 8.90. The molecule has 1 fully saturated rings. The van der Waals surface area contributed by atoms with Crippen molar-refractivity contribution in [1.82, 2.24) is 0 Å². The summed E-state index contributed by atoms with van der Waals surface area (Å²) in [5.74, 6) is 0. The van der Waals surface area contributed by atoms with Gasteiger partial charge in [0.05, 0.1) is 18.8 Å². The largest absolute Gasteiger partial charge is 0.472 e. The van der Waals surface area contributed by atoms with Gasteiger partial charge in [0.2, 0.25) is 0 Å². The van der Waals surface area contributed by atoms with E-state index in [1.807, 2.05) is 6.92 Å². The summed E-state index contributed by atoms with van der Waals surface area (Å²) in [7, 11) is -2.69. The molecule has 1 heterocycles. The van der Waals surface area contributed by atoms with Crippen molar-refractivity contribution in [2.45, 2.75) is 32.0 Å². The molecule has 1 aliphatic rings. The van der Waals surface area contributed by atoms with E-state index in [-0.39, 0.29) is 18.8 Å². The normalized spacial score (nSPS) is 33.2. The van der Waals surface area contributed by atoms with Crippen molar-refractivity contribution in [3.8, 4) is 0 Å². The zero-order valence-corrected chi connectivity index (χ0v) is 8.70. The molecule has 3 atom stereocenters. The molecule has 1 rings (SSSR count). The Labute approximate surface area is 77.6 Å². The maximum atomic E-state index is 10.9. The lowest BCUT2D eigenvalue weighted by molar-refractivity contribution is 0.0169. The third-order valence-corrected chi connectivity index (χ3v) is 2.91. The van der Waals surface area contributed by atoms with Crippen molar-refractivity contribution in [2.75, 3.05) is 13.7 Å². The van der Waals surface area contributed by atoms with Crippen LogP contribution in [0.25, 0.3) is 0 Å². The molecule has 0 bridgehead atoms. The summed E-state index contributed by atoms with van der Waals surface area (Å²) < 4.78 is 25.2. The van der Waals surface area contributed by atoms with Crippen molar-refractivity contribution < 1.29 is 23.2 Å². The number of phosphoric ester groups is 1. The maximum Gasteiger partial charge on any atom is 0.472 e. The molecular weight excluding hydrogens is 195 g/mol. The highest BCUT2D eigenvalue weighted by Gasteiger charge is 2.26. The summed E-state index contributed by atoms with van der Waals surface area (Å²) in [6.07, 6.45) is 1.97. The van der Waals surface area contributed by atoms with Crippen LogP contribution in [0.4, 0.5) is 0 Å². The second kappa shape index (κ2) is 4.53. The molecule has 0 amide bonds. The molecule has 5 nitrogen and oxygen atoms in total. The molecule has 1 unspecified atom stereocenters. The SMILES string of the molecule is COP(=O)(O)OC[C@@H]1CC[C@H](C)O1. The molecule has 1 N–H and O–H groups in total. The van der Waals surface area contributed by atoms with Gasteiger partial charge >= 0.3 is 7.82 Å². The third kappa shape index (κ3) is 3.75. The molecule has 6 heteroatoms. The van der Waals surface area contributed by atoms with Crippen LogP contribution in [0.5, 0.6) is 0 Å². The average molecular weight is 210 g/mol. The molecule has 0 aromatic carbocycles. The van der Waals surface area contributed by atoms with Crippen molar-refractivity contribution in [1.29, 1.82) is 0 Å². The highest BCUT2D eigenvalue weighted by molar-refractivity contribution is 7.47. The minimum Gasteiger partial charge on any atom is -0.373 e. The standard InChI is InChI=1S/C7H15O5P/c1-6-3-4-7(12-6)5-11-13(8,9)10-2/h6-7H,3-5H2,1-2H3,(H,8,9)/t6-,7-/m0/s1. The van der Waals surface area contributed by atoms with Gasteiger partial charge in [-0.1, -0.05) is 0 Å². The van der Waals surface area contributed by atoms with E-state index >= 15 is 0 Å². The van der Waals surface area contributed by atoms with Crippen LogP contribution >= 0.6 is 7.82 Å². The topological polar surface area (TPSA) is 65.0 Å². The lowest BCUT2D eigenvalue weighted by Crippen LogP contribution is -2.15. The molecule has 0 saturated carbocycles. The summed E-state index contributed by atoms with van der Waals surface area (Å²) in [6, 6.07) is 0. The number of hydrogen-bond acceptors (Lipinski definition) is 4. The van der Waals surface area contributed by atoms with E-state index in [4.69, 9.17) is 9.63 Å². The first-order chi connectivity index (χ1) is 6.03. The Bertz CT molecular complexity index is 207. The van der Waals surface area contributed by atoms with Gasteiger partial charge in [0.1, 0.15) is 0 Å². The molecule has 0 aliphatic carbocycles. The summed E-state index contributed by atoms with van der Waals surface area (Å²) >= 11 is 0. The lowest BCUT2D eigenvalue weighted by atomic mass is 10.2. The Kier molecular flexibility index (Phi) is 3.88. The number of hydrogen-bond donors (Lipinski definition) is 1. The molecule has 13 heavy (non-hydrogen) atoms. The van der Waals surface area contributed by atoms with E-state index in [9.17, 15) is 4.57 Å². The molecular formula is C7H15O5P. The van der Waals surface area contributed by atoms with Crippen LogP contribution in [0.1, 0.15) is 19.8 Å².